The molecule has 1 aromatic heterocycles. The maximum absolute atomic E-state index is 6.14. The zero-order valence-electron chi connectivity index (χ0n) is 12.0. The number of rotatable bonds is 4. The molecule has 23 heavy (non-hydrogen) atoms. The molecular weight excluding hydrogens is 379 g/mol. The summed E-state index contributed by atoms with van der Waals surface area (Å²) >= 11 is 15.2. The SMILES string of the molecule is Clc1ccc(Cl)c(SNc2nc(C3CCOCC3)cs2)c1.OO. The van der Waals surface area contributed by atoms with Gasteiger partial charge in [0.15, 0.2) is 5.13 Å². The van der Waals surface area contributed by atoms with Crippen molar-refractivity contribution >= 4 is 51.6 Å². The molecule has 0 atom stereocenters. The first-order valence-corrected chi connectivity index (χ1v) is 9.28. The molecule has 1 aliphatic heterocycles. The summed E-state index contributed by atoms with van der Waals surface area (Å²) in [7, 11) is 0. The maximum Gasteiger partial charge on any atom is 0.193 e. The van der Waals surface area contributed by atoms with Crippen LogP contribution in [0.5, 0.6) is 0 Å². The van der Waals surface area contributed by atoms with Crippen molar-refractivity contribution < 1.29 is 15.3 Å². The minimum atomic E-state index is 0.519. The Morgan fingerprint density at radius 3 is 2.74 bits per heavy atom. The Morgan fingerprint density at radius 1 is 1.26 bits per heavy atom. The summed E-state index contributed by atoms with van der Waals surface area (Å²) in [4.78, 5) is 5.55. The van der Waals surface area contributed by atoms with Crippen LogP contribution in [0.15, 0.2) is 28.5 Å². The topological polar surface area (TPSA) is 74.6 Å². The number of thiazole rings is 1. The molecule has 2 heterocycles. The van der Waals surface area contributed by atoms with Crippen LogP contribution in [0, 0.1) is 0 Å². The van der Waals surface area contributed by atoms with E-state index in [2.05, 4.69) is 15.1 Å². The summed E-state index contributed by atoms with van der Waals surface area (Å²) in [5.74, 6) is 0.519. The van der Waals surface area contributed by atoms with Gasteiger partial charge in [-0.1, -0.05) is 23.2 Å². The summed E-state index contributed by atoms with van der Waals surface area (Å²) in [6.07, 6.45) is 2.10. The van der Waals surface area contributed by atoms with Crippen LogP contribution in [0.25, 0.3) is 0 Å². The second kappa shape index (κ2) is 9.68. The lowest BCUT2D eigenvalue weighted by atomic mass is 9.98. The minimum absolute atomic E-state index is 0.519. The molecule has 0 saturated carbocycles. The summed E-state index contributed by atoms with van der Waals surface area (Å²) in [6, 6.07) is 5.42. The average Bonchev–Trinajstić information content (AvgIpc) is 3.07. The lowest BCUT2D eigenvalue weighted by molar-refractivity contribution is -0.176. The van der Waals surface area contributed by atoms with Gasteiger partial charge in [0.1, 0.15) is 0 Å². The van der Waals surface area contributed by atoms with Crippen molar-refractivity contribution in [2.75, 3.05) is 17.9 Å². The van der Waals surface area contributed by atoms with Crippen molar-refractivity contribution in [3.8, 4) is 0 Å². The Balaban J connectivity index is 0.000000924. The first-order valence-electron chi connectivity index (χ1n) is 6.83. The first-order chi connectivity index (χ1) is 11.2. The molecule has 0 bridgehead atoms. The normalized spacial score (nSPS) is 15.0. The van der Waals surface area contributed by atoms with Crippen LogP contribution >= 0.6 is 46.5 Å². The van der Waals surface area contributed by atoms with Crippen LogP contribution < -0.4 is 4.72 Å². The largest absolute Gasteiger partial charge is 0.381 e. The standard InChI is InChI=1S/C14H14Cl2N2OS2.H2O2/c15-10-1-2-11(16)13(7-10)21-18-14-17-12(8-20-14)9-3-5-19-6-4-9;1-2/h1-2,7-9H,3-6H2,(H,17,18);1-2H. The van der Waals surface area contributed by atoms with Crippen molar-refractivity contribution in [3.05, 3.63) is 39.3 Å². The highest BCUT2D eigenvalue weighted by molar-refractivity contribution is 8.00. The van der Waals surface area contributed by atoms with Gasteiger partial charge in [-0.25, -0.2) is 4.98 Å². The third kappa shape index (κ3) is 5.49. The number of anilines is 1. The molecule has 126 valence electrons. The van der Waals surface area contributed by atoms with Gasteiger partial charge < -0.3 is 9.46 Å². The van der Waals surface area contributed by atoms with E-state index in [1.165, 1.54) is 11.9 Å². The number of halogens is 2. The molecule has 3 rings (SSSR count). The fraction of sp³-hybridized carbons (Fsp3) is 0.357. The van der Waals surface area contributed by atoms with E-state index in [1.54, 1.807) is 23.5 Å². The summed E-state index contributed by atoms with van der Waals surface area (Å²) < 4.78 is 8.62. The van der Waals surface area contributed by atoms with Crippen molar-refractivity contribution in [2.45, 2.75) is 23.7 Å². The Labute approximate surface area is 152 Å². The number of aromatic nitrogens is 1. The number of hydrogen-bond acceptors (Lipinski definition) is 7. The maximum atomic E-state index is 6.14. The van der Waals surface area contributed by atoms with Crippen molar-refractivity contribution in [2.24, 2.45) is 0 Å². The predicted octanol–water partition coefficient (Wildman–Crippen LogP) is 5.48. The Kier molecular flexibility index (Phi) is 7.91. The summed E-state index contributed by atoms with van der Waals surface area (Å²) in [6.45, 7) is 1.66. The molecule has 0 radical (unpaired) electrons. The second-order valence-corrected chi connectivity index (χ2v) is 7.29. The van der Waals surface area contributed by atoms with Crippen LogP contribution in [0.2, 0.25) is 10.0 Å². The first kappa shape index (κ1) is 18.8. The number of nitrogens with one attached hydrogen (secondary N) is 1. The molecular formula is C14H16Cl2N2O3S2. The van der Waals surface area contributed by atoms with E-state index >= 15 is 0 Å². The van der Waals surface area contributed by atoms with Gasteiger partial charge in [0.25, 0.3) is 0 Å². The van der Waals surface area contributed by atoms with Gasteiger partial charge in [-0.15, -0.1) is 11.3 Å². The van der Waals surface area contributed by atoms with Crippen molar-refractivity contribution in [1.82, 2.24) is 4.98 Å². The zero-order valence-corrected chi connectivity index (χ0v) is 15.2. The van der Waals surface area contributed by atoms with Crippen LogP contribution in [0.1, 0.15) is 24.5 Å². The molecule has 0 unspecified atom stereocenters. The number of nitrogens with zero attached hydrogens (tertiary/aromatic N) is 1. The molecule has 5 nitrogen and oxygen atoms in total. The Bertz CT molecular complexity index is 622. The summed E-state index contributed by atoms with van der Waals surface area (Å²) in [5, 5.41) is 16.4. The highest BCUT2D eigenvalue weighted by atomic mass is 35.5. The smallest absolute Gasteiger partial charge is 0.193 e. The van der Waals surface area contributed by atoms with Gasteiger partial charge >= 0.3 is 0 Å². The molecule has 3 N–H and O–H groups in total. The molecule has 0 spiro atoms. The van der Waals surface area contributed by atoms with Gasteiger partial charge in [0, 0.05) is 34.4 Å². The molecule has 0 aliphatic carbocycles. The monoisotopic (exact) mass is 394 g/mol. The predicted molar refractivity (Wildman–Crippen MR) is 96.1 cm³/mol. The molecule has 0 amide bonds. The number of ether oxygens (including phenoxy) is 1. The lowest BCUT2D eigenvalue weighted by Gasteiger charge is -2.19. The Hall–Kier alpha value is -0.540. The van der Waals surface area contributed by atoms with E-state index < -0.39 is 0 Å². The Morgan fingerprint density at radius 2 is 2.00 bits per heavy atom. The highest BCUT2D eigenvalue weighted by Crippen LogP contribution is 2.34. The van der Waals surface area contributed by atoms with Gasteiger partial charge in [-0.2, -0.15) is 0 Å². The number of benzene rings is 1. The van der Waals surface area contributed by atoms with E-state index in [1.807, 2.05) is 6.07 Å². The second-order valence-electron chi connectivity index (χ2n) is 4.74. The minimum Gasteiger partial charge on any atom is -0.381 e. The van der Waals surface area contributed by atoms with Crippen molar-refractivity contribution in [1.29, 1.82) is 0 Å². The van der Waals surface area contributed by atoms with E-state index in [9.17, 15) is 0 Å². The number of hydrogen-bond donors (Lipinski definition) is 3. The van der Waals surface area contributed by atoms with E-state index in [0.717, 1.165) is 41.8 Å². The van der Waals surface area contributed by atoms with E-state index in [-0.39, 0.29) is 0 Å². The molecule has 1 aliphatic rings. The molecule has 1 fully saturated rings. The fourth-order valence-electron chi connectivity index (χ4n) is 2.17. The van der Waals surface area contributed by atoms with Crippen LogP contribution in [0.3, 0.4) is 0 Å². The van der Waals surface area contributed by atoms with Gasteiger partial charge in [0.2, 0.25) is 0 Å². The third-order valence-corrected chi connectivity index (χ3v) is 5.74. The molecule has 2 aromatic rings. The summed E-state index contributed by atoms with van der Waals surface area (Å²) in [5.41, 5.74) is 1.16. The quantitative estimate of drug-likeness (QED) is 0.362. The van der Waals surface area contributed by atoms with Crippen LogP contribution in [0.4, 0.5) is 5.13 Å². The molecule has 9 heteroatoms. The molecule has 1 saturated heterocycles. The van der Waals surface area contributed by atoms with Crippen LogP contribution in [-0.4, -0.2) is 28.7 Å². The highest BCUT2D eigenvalue weighted by Gasteiger charge is 2.18. The third-order valence-electron chi connectivity index (χ3n) is 3.30. The zero-order chi connectivity index (χ0) is 16.7. The van der Waals surface area contributed by atoms with Gasteiger partial charge in [0.05, 0.1) is 10.7 Å². The van der Waals surface area contributed by atoms with Crippen LogP contribution in [-0.2, 0) is 4.74 Å². The van der Waals surface area contributed by atoms with Gasteiger partial charge in [-0.3, -0.25) is 10.5 Å². The van der Waals surface area contributed by atoms with E-state index in [4.69, 9.17) is 38.5 Å². The average molecular weight is 395 g/mol. The van der Waals surface area contributed by atoms with E-state index in [0.29, 0.717) is 16.0 Å². The molecule has 1 aromatic carbocycles. The fourth-order valence-corrected chi connectivity index (χ4v) is 4.19. The van der Waals surface area contributed by atoms with Crippen molar-refractivity contribution in [3.63, 3.8) is 0 Å². The van der Waals surface area contributed by atoms with Gasteiger partial charge in [-0.05, 0) is 43.0 Å². The lowest BCUT2D eigenvalue weighted by Crippen LogP contribution is -2.14.